The van der Waals surface area contributed by atoms with Crippen LogP contribution in [0, 0.1) is 5.92 Å². The van der Waals surface area contributed by atoms with Gasteiger partial charge in [0.2, 0.25) is 6.41 Å². The number of fused-ring (bicyclic) bond motifs is 1. The number of rotatable bonds is 5. The quantitative estimate of drug-likeness (QED) is 0.637. The molecule has 1 fully saturated rings. The van der Waals surface area contributed by atoms with Crippen molar-refractivity contribution in [2.75, 3.05) is 0 Å². The van der Waals surface area contributed by atoms with Gasteiger partial charge in [-0.1, -0.05) is 44.4 Å². The van der Waals surface area contributed by atoms with E-state index in [4.69, 9.17) is 0 Å². The molecule has 1 heterocycles. The molecular formula is C19H25N3O. The molecule has 1 amide bonds. The van der Waals surface area contributed by atoms with E-state index in [0.29, 0.717) is 12.3 Å². The molecule has 2 aromatic rings. The Balaban J connectivity index is 0.000000232. The molecule has 122 valence electrons. The average molecular weight is 311 g/mol. The third-order valence-electron chi connectivity index (χ3n) is 3.49. The minimum Gasteiger partial charge on any atom is -0.328 e. The summed E-state index contributed by atoms with van der Waals surface area (Å²) in [4.78, 5) is 10.3. The van der Waals surface area contributed by atoms with Crippen LogP contribution in [0.25, 0.3) is 10.9 Å². The lowest BCUT2D eigenvalue weighted by Crippen LogP contribution is -2.13. The molecule has 0 unspecified atom stereocenters. The second-order valence-corrected chi connectivity index (χ2v) is 5.05. The van der Waals surface area contributed by atoms with Gasteiger partial charge < -0.3 is 5.32 Å². The Bertz CT molecular complexity index is 663. The number of hydrogen-bond acceptors (Lipinski definition) is 2. The van der Waals surface area contributed by atoms with Crippen LogP contribution in [-0.4, -0.2) is 16.6 Å². The van der Waals surface area contributed by atoms with Gasteiger partial charge in [-0.15, -0.1) is 0 Å². The van der Waals surface area contributed by atoms with Crippen molar-refractivity contribution in [3.63, 3.8) is 0 Å². The maximum atomic E-state index is 10.3. The van der Waals surface area contributed by atoms with Gasteiger partial charge in [0, 0.05) is 11.1 Å². The van der Waals surface area contributed by atoms with E-state index in [-0.39, 0.29) is 7.43 Å². The number of amides is 1. The van der Waals surface area contributed by atoms with Crippen molar-refractivity contribution in [3.8, 4) is 0 Å². The summed E-state index contributed by atoms with van der Waals surface area (Å²) < 4.78 is 0. The van der Waals surface area contributed by atoms with E-state index < -0.39 is 0 Å². The fraction of sp³-hybridized carbons (Fsp3) is 0.263. The second-order valence-electron chi connectivity index (χ2n) is 5.05. The Morgan fingerprint density at radius 1 is 1.39 bits per heavy atom. The number of carbonyl (C=O) groups is 1. The van der Waals surface area contributed by atoms with Gasteiger partial charge in [-0.2, -0.15) is 5.10 Å². The molecular weight excluding hydrogens is 286 g/mol. The first kappa shape index (κ1) is 18.4. The molecule has 23 heavy (non-hydrogen) atoms. The zero-order valence-electron chi connectivity index (χ0n) is 12.8. The molecule has 0 radical (unpaired) electrons. The summed E-state index contributed by atoms with van der Waals surface area (Å²) in [6.45, 7) is 5.62. The highest BCUT2D eigenvalue weighted by Crippen LogP contribution is 2.39. The van der Waals surface area contributed by atoms with Crippen LogP contribution in [0.15, 0.2) is 66.5 Å². The Hall–Kier alpha value is -2.62. The Morgan fingerprint density at radius 2 is 2.13 bits per heavy atom. The highest BCUT2D eigenvalue weighted by molar-refractivity contribution is 5.77. The maximum Gasteiger partial charge on any atom is 0.211 e. The summed E-state index contributed by atoms with van der Waals surface area (Å²) >= 11 is 0. The lowest BCUT2D eigenvalue weighted by molar-refractivity contribution is -0.108. The molecule has 0 saturated heterocycles. The van der Waals surface area contributed by atoms with Crippen LogP contribution in [-0.2, 0) is 4.79 Å². The number of nitrogens with zero attached hydrogens (tertiary/aromatic N) is 1. The summed E-state index contributed by atoms with van der Waals surface area (Å²) in [5, 5.41) is 10.6. The highest BCUT2D eigenvalue weighted by atomic mass is 16.1. The number of allylic oxidation sites excluding steroid dienone is 4. The smallest absolute Gasteiger partial charge is 0.211 e. The average Bonchev–Trinajstić information content (AvgIpc) is 3.25. The molecule has 1 saturated carbocycles. The summed E-state index contributed by atoms with van der Waals surface area (Å²) in [5.74, 6) is 0.642. The minimum atomic E-state index is 0. The Morgan fingerprint density at radius 3 is 2.70 bits per heavy atom. The third-order valence-corrected chi connectivity index (χ3v) is 3.49. The molecule has 4 nitrogen and oxygen atoms in total. The maximum absolute atomic E-state index is 10.3. The fourth-order valence-electron chi connectivity index (χ4n) is 2.30. The molecule has 1 aliphatic rings. The zero-order chi connectivity index (χ0) is 15.8. The van der Waals surface area contributed by atoms with Crippen molar-refractivity contribution >= 4 is 17.3 Å². The number of nitrogens with one attached hydrogen (secondary N) is 2. The fourth-order valence-corrected chi connectivity index (χ4v) is 2.30. The zero-order valence-corrected chi connectivity index (χ0v) is 12.8. The molecule has 3 rings (SSSR count). The molecule has 4 heteroatoms. The molecule has 0 bridgehead atoms. The number of carbonyl (C=O) groups excluding carboxylic acids is 1. The Kier molecular flexibility index (Phi) is 7.54. The van der Waals surface area contributed by atoms with Crippen LogP contribution in [0.2, 0.25) is 0 Å². The predicted molar refractivity (Wildman–Crippen MR) is 96.8 cm³/mol. The standard InChI is InChI=1S/C11H15NO.C7H6N2.CH4/c1-3-5-11(12-8-13)10(4-2)9-6-7-9;1-2-4-7-6(3-1)5-8-9-7;/h3-5,8-9H,1,6-7H2,2H3,(H,12,13);1-5H,(H,8,9);1H4/b10-4-,11-5+;;. The van der Waals surface area contributed by atoms with E-state index in [1.54, 1.807) is 6.08 Å². The van der Waals surface area contributed by atoms with Gasteiger partial charge in [-0.3, -0.25) is 9.89 Å². The van der Waals surface area contributed by atoms with E-state index in [1.807, 2.05) is 43.5 Å². The van der Waals surface area contributed by atoms with Crippen LogP contribution >= 0.6 is 0 Å². The van der Waals surface area contributed by atoms with Gasteiger partial charge in [0.1, 0.15) is 0 Å². The van der Waals surface area contributed by atoms with Crippen molar-refractivity contribution < 1.29 is 4.79 Å². The largest absolute Gasteiger partial charge is 0.328 e. The van der Waals surface area contributed by atoms with Gasteiger partial charge in [0.15, 0.2) is 0 Å². The highest BCUT2D eigenvalue weighted by Gasteiger charge is 2.27. The molecule has 1 aromatic heterocycles. The third kappa shape index (κ3) is 5.25. The molecule has 0 spiro atoms. The lowest BCUT2D eigenvalue weighted by Gasteiger charge is -2.08. The van der Waals surface area contributed by atoms with Gasteiger partial charge >= 0.3 is 0 Å². The molecule has 0 aliphatic heterocycles. The normalized spacial score (nSPS) is 14.3. The van der Waals surface area contributed by atoms with Crippen LogP contribution in [0.1, 0.15) is 27.2 Å². The number of H-pyrrole nitrogens is 1. The van der Waals surface area contributed by atoms with E-state index in [2.05, 4.69) is 28.2 Å². The predicted octanol–water partition coefficient (Wildman–Crippen LogP) is 4.36. The van der Waals surface area contributed by atoms with Crippen molar-refractivity contribution in [2.24, 2.45) is 5.92 Å². The number of aromatic nitrogens is 2. The summed E-state index contributed by atoms with van der Waals surface area (Å²) in [6.07, 6.45) is 10.6. The number of benzene rings is 1. The minimum absolute atomic E-state index is 0. The number of para-hydroxylation sites is 1. The second kappa shape index (κ2) is 9.41. The Labute approximate surface area is 138 Å². The van der Waals surface area contributed by atoms with E-state index in [1.165, 1.54) is 18.4 Å². The molecule has 1 aromatic carbocycles. The van der Waals surface area contributed by atoms with Crippen molar-refractivity contribution in [1.82, 2.24) is 15.5 Å². The van der Waals surface area contributed by atoms with Crippen molar-refractivity contribution in [3.05, 3.63) is 66.5 Å². The van der Waals surface area contributed by atoms with Crippen molar-refractivity contribution in [1.29, 1.82) is 0 Å². The summed E-state index contributed by atoms with van der Waals surface area (Å²) in [7, 11) is 0. The molecule has 1 aliphatic carbocycles. The van der Waals surface area contributed by atoms with Crippen LogP contribution in [0.3, 0.4) is 0 Å². The molecule has 0 atom stereocenters. The molecule has 2 N–H and O–H groups in total. The van der Waals surface area contributed by atoms with Crippen LogP contribution in [0.4, 0.5) is 0 Å². The van der Waals surface area contributed by atoms with Gasteiger partial charge in [0.25, 0.3) is 0 Å². The monoisotopic (exact) mass is 311 g/mol. The van der Waals surface area contributed by atoms with E-state index >= 15 is 0 Å². The van der Waals surface area contributed by atoms with Gasteiger partial charge in [-0.25, -0.2) is 0 Å². The SMILES string of the molecule is C.C=C/C=C(NC=O)\C(=C/C)C1CC1.c1ccc2[nH]ncc2c1. The van der Waals surface area contributed by atoms with E-state index in [0.717, 1.165) is 16.6 Å². The first-order valence-electron chi connectivity index (χ1n) is 7.37. The lowest BCUT2D eigenvalue weighted by atomic mass is 10.1. The van der Waals surface area contributed by atoms with Gasteiger partial charge in [-0.05, 0) is 43.4 Å². The van der Waals surface area contributed by atoms with E-state index in [9.17, 15) is 4.79 Å². The van der Waals surface area contributed by atoms with Crippen LogP contribution in [0.5, 0.6) is 0 Å². The summed E-state index contributed by atoms with van der Waals surface area (Å²) in [5.41, 5.74) is 3.21. The first-order valence-corrected chi connectivity index (χ1v) is 7.37. The first-order chi connectivity index (χ1) is 10.8. The summed E-state index contributed by atoms with van der Waals surface area (Å²) in [6, 6.07) is 8.01. The number of hydrogen-bond donors (Lipinski definition) is 2. The van der Waals surface area contributed by atoms with Crippen molar-refractivity contribution in [2.45, 2.75) is 27.2 Å². The van der Waals surface area contributed by atoms with Gasteiger partial charge in [0.05, 0.1) is 11.7 Å². The van der Waals surface area contributed by atoms with Crippen LogP contribution < -0.4 is 5.32 Å². The topological polar surface area (TPSA) is 57.8 Å². The number of aromatic amines is 1.